The average Bonchev–Trinajstić information content (AvgIpc) is 3.60. The molecule has 0 fully saturated rings. The molecule has 14 nitrogen and oxygen atoms in total. The Morgan fingerprint density at radius 2 is 1.95 bits per heavy atom. The number of allylic oxidation sites excluding steroid dienone is 1. The van der Waals surface area contributed by atoms with Crippen molar-refractivity contribution in [3.05, 3.63) is 48.1 Å². The summed E-state index contributed by atoms with van der Waals surface area (Å²) in [6.07, 6.45) is 4.54. The molecule has 0 saturated heterocycles. The van der Waals surface area contributed by atoms with Crippen LogP contribution in [0.25, 0.3) is 0 Å². The lowest BCUT2D eigenvalue weighted by Gasteiger charge is -2.31. The van der Waals surface area contributed by atoms with Gasteiger partial charge in [-0.3, -0.25) is 19.4 Å². The molecule has 2 aromatic rings. The zero-order chi connectivity index (χ0) is 29.1. The van der Waals surface area contributed by atoms with E-state index < -0.39 is 27.9 Å². The predicted molar refractivity (Wildman–Crippen MR) is 141 cm³/mol. The van der Waals surface area contributed by atoms with Gasteiger partial charge in [-0.2, -0.15) is 4.31 Å². The van der Waals surface area contributed by atoms with Gasteiger partial charge in [0.15, 0.2) is 0 Å². The summed E-state index contributed by atoms with van der Waals surface area (Å²) in [5.41, 5.74) is 8.74. The number of sulfonamides is 1. The minimum absolute atomic E-state index is 0.0439. The number of methoxy groups -OCH3 is 1. The molecule has 1 aliphatic rings. The van der Waals surface area contributed by atoms with Crippen LogP contribution < -0.4 is 21.2 Å². The number of benzene rings is 1. The highest BCUT2D eigenvalue weighted by atomic mass is 32.2. The molecule has 1 aromatic heterocycles. The van der Waals surface area contributed by atoms with Crippen molar-refractivity contribution in [1.82, 2.24) is 40.7 Å². The maximum absolute atomic E-state index is 13.6. The second-order valence-electron chi connectivity index (χ2n) is 9.35. The van der Waals surface area contributed by atoms with E-state index in [9.17, 15) is 22.8 Å². The lowest BCUT2D eigenvalue weighted by Crippen LogP contribution is -2.51. The molecular weight excluding hydrogens is 547 g/mol. The Bertz CT molecular complexity index is 1220. The largest absolute Gasteiger partial charge is 0.497 e. The summed E-state index contributed by atoms with van der Waals surface area (Å²) in [6.45, 7) is 4.43. The Hall–Kier alpha value is -3.31. The van der Waals surface area contributed by atoms with E-state index in [1.165, 1.54) is 36.1 Å². The number of hydrogen-bond donors (Lipinski definition) is 4. The number of hydrazine groups is 2. The van der Waals surface area contributed by atoms with Crippen LogP contribution in [0.2, 0.25) is 0 Å². The number of nitrogens with zero attached hydrogens (tertiary/aromatic N) is 5. The maximum atomic E-state index is 13.6. The van der Waals surface area contributed by atoms with Crippen molar-refractivity contribution in [1.29, 1.82) is 0 Å². The molecule has 16 heteroatoms. The van der Waals surface area contributed by atoms with E-state index in [1.54, 1.807) is 25.5 Å². The Kier molecular flexibility index (Phi) is 11.6. The molecular formula is C24H37FN8O6S. The molecule has 4 N–H and O–H groups in total. The second kappa shape index (κ2) is 14.9. The van der Waals surface area contributed by atoms with Crippen LogP contribution in [-0.2, 0) is 32.6 Å². The van der Waals surface area contributed by atoms with Crippen LogP contribution in [-0.4, -0.2) is 83.4 Å². The molecule has 1 amide bonds. The van der Waals surface area contributed by atoms with Crippen LogP contribution in [0.1, 0.15) is 32.4 Å². The van der Waals surface area contributed by atoms with Crippen LogP contribution in [0.15, 0.2) is 47.3 Å². The standard InChI is InChI=1S/C24H37FN8O6S/c1-18(2)23(24(34)28-35)33(40(36,37)22-8-6-21(38-3)7-9-22)17-20-16-32(30-27-20)12-14-39-13-11-31-15-19(26-29-31)5-4-10-25/h6-9,15-16,18,23,26,29,35H,4-5,10-14,17H2,1-3H3,(H,28,34)/t23-/m1/s1. The summed E-state index contributed by atoms with van der Waals surface area (Å²) in [5.74, 6) is -0.856. The number of amides is 1. The Morgan fingerprint density at radius 3 is 2.60 bits per heavy atom. The number of carbonyl (C=O) groups excluding carboxylic acids is 1. The molecule has 3 rings (SSSR count). The van der Waals surface area contributed by atoms with Gasteiger partial charge in [0.05, 0.1) is 57.2 Å². The number of rotatable bonds is 17. The highest BCUT2D eigenvalue weighted by Gasteiger charge is 2.38. The van der Waals surface area contributed by atoms with Gasteiger partial charge in [-0.25, -0.2) is 18.6 Å². The fourth-order valence-electron chi connectivity index (χ4n) is 4.05. The number of ether oxygens (including phenoxy) is 2. The summed E-state index contributed by atoms with van der Waals surface area (Å²) in [4.78, 5) is 12.5. The first-order valence-electron chi connectivity index (χ1n) is 12.8. The number of halogens is 1. The Morgan fingerprint density at radius 1 is 1.23 bits per heavy atom. The highest BCUT2D eigenvalue weighted by Crippen LogP contribution is 2.26. The molecule has 2 heterocycles. The van der Waals surface area contributed by atoms with Gasteiger partial charge in [0.1, 0.15) is 11.8 Å². The van der Waals surface area contributed by atoms with E-state index in [4.69, 9.17) is 9.47 Å². The van der Waals surface area contributed by atoms with E-state index in [2.05, 4.69) is 21.3 Å². The summed E-state index contributed by atoms with van der Waals surface area (Å²) in [7, 11) is -2.72. The molecule has 1 aliphatic heterocycles. The van der Waals surface area contributed by atoms with E-state index in [0.29, 0.717) is 50.6 Å². The van der Waals surface area contributed by atoms with Gasteiger partial charge in [-0.1, -0.05) is 19.1 Å². The maximum Gasteiger partial charge on any atom is 0.262 e. The van der Waals surface area contributed by atoms with E-state index in [-0.39, 0.29) is 18.1 Å². The normalized spacial score (nSPS) is 14.4. The van der Waals surface area contributed by atoms with Crippen LogP contribution in [0.5, 0.6) is 5.75 Å². The van der Waals surface area contributed by atoms with Gasteiger partial charge in [0, 0.05) is 18.1 Å². The second-order valence-corrected chi connectivity index (χ2v) is 11.2. The number of carbonyl (C=O) groups is 1. The quantitative estimate of drug-likeness (QED) is 0.119. The molecule has 0 aliphatic carbocycles. The number of nitrogens with one attached hydrogen (secondary N) is 3. The van der Waals surface area contributed by atoms with Crippen LogP contribution in [0.3, 0.4) is 0 Å². The zero-order valence-electron chi connectivity index (χ0n) is 22.8. The number of hydrogen-bond acceptors (Lipinski definition) is 11. The SMILES string of the molecule is COc1ccc(S(=O)(=O)N(Cc2cn(CCOCCN3C=C(CCCF)NN3)nn2)[C@@H](C(=O)NO)C(C)C)cc1. The molecule has 222 valence electrons. The van der Waals surface area contributed by atoms with Crippen molar-refractivity contribution >= 4 is 15.9 Å². The molecule has 1 atom stereocenters. The fourth-order valence-corrected chi connectivity index (χ4v) is 5.74. The summed E-state index contributed by atoms with van der Waals surface area (Å²) >= 11 is 0. The van der Waals surface area contributed by atoms with Gasteiger partial charge in [0.25, 0.3) is 5.91 Å². The average molecular weight is 585 g/mol. The van der Waals surface area contributed by atoms with Crippen molar-refractivity contribution in [3.8, 4) is 5.75 Å². The molecule has 0 bridgehead atoms. The smallest absolute Gasteiger partial charge is 0.262 e. The number of alkyl halides is 1. The lowest BCUT2D eigenvalue weighted by molar-refractivity contribution is -0.134. The third kappa shape index (κ3) is 8.34. The fraction of sp³-hybridized carbons (Fsp3) is 0.542. The molecule has 0 spiro atoms. The molecule has 1 aromatic carbocycles. The van der Waals surface area contributed by atoms with Crippen molar-refractivity contribution in [2.75, 3.05) is 33.5 Å². The van der Waals surface area contributed by atoms with Gasteiger partial charge >= 0.3 is 0 Å². The van der Waals surface area contributed by atoms with Gasteiger partial charge < -0.3 is 14.9 Å². The predicted octanol–water partition coefficient (Wildman–Crippen LogP) is 0.940. The van der Waals surface area contributed by atoms with Crippen LogP contribution in [0.4, 0.5) is 4.39 Å². The van der Waals surface area contributed by atoms with Crippen molar-refractivity contribution < 1.29 is 32.3 Å². The highest BCUT2D eigenvalue weighted by molar-refractivity contribution is 7.89. The Balaban J connectivity index is 1.63. The third-order valence-electron chi connectivity index (χ3n) is 6.08. The molecule has 40 heavy (non-hydrogen) atoms. The lowest BCUT2D eigenvalue weighted by atomic mass is 10.0. The molecule has 0 radical (unpaired) electrons. The first-order chi connectivity index (χ1) is 19.2. The number of aromatic nitrogens is 3. The van der Waals surface area contributed by atoms with Crippen LogP contribution in [0, 0.1) is 5.92 Å². The van der Waals surface area contributed by atoms with Gasteiger partial charge in [-0.05, 0) is 43.0 Å². The third-order valence-corrected chi connectivity index (χ3v) is 7.92. The van der Waals surface area contributed by atoms with E-state index >= 15 is 0 Å². The molecule has 0 saturated carbocycles. The van der Waals surface area contributed by atoms with Crippen molar-refractivity contribution in [3.63, 3.8) is 0 Å². The first-order valence-corrected chi connectivity index (χ1v) is 14.2. The van der Waals surface area contributed by atoms with Gasteiger partial charge in [-0.15, -0.1) is 10.6 Å². The number of hydroxylamine groups is 1. The summed E-state index contributed by atoms with van der Waals surface area (Å²) in [5, 5.41) is 19.3. The van der Waals surface area contributed by atoms with Crippen LogP contribution >= 0.6 is 0 Å². The minimum Gasteiger partial charge on any atom is -0.497 e. The first kappa shape index (κ1) is 31.2. The van der Waals surface area contributed by atoms with Crippen molar-refractivity contribution in [2.45, 2.75) is 50.7 Å². The summed E-state index contributed by atoms with van der Waals surface area (Å²) in [6, 6.07) is 4.58. The molecule has 0 unspecified atom stereocenters. The monoisotopic (exact) mass is 584 g/mol. The topological polar surface area (TPSA) is 163 Å². The van der Waals surface area contributed by atoms with Crippen molar-refractivity contribution in [2.24, 2.45) is 5.92 Å². The summed E-state index contributed by atoms with van der Waals surface area (Å²) < 4.78 is 52.9. The zero-order valence-corrected chi connectivity index (χ0v) is 23.6. The van der Waals surface area contributed by atoms with E-state index in [0.717, 1.165) is 10.0 Å². The van der Waals surface area contributed by atoms with E-state index in [1.807, 2.05) is 11.2 Å². The Labute approximate surface area is 233 Å². The van der Waals surface area contributed by atoms with Gasteiger partial charge in [0.2, 0.25) is 10.0 Å². The minimum atomic E-state index is -4.19.